The first kappa shape index (κ1) is 42.4. The van der Waals surface area contributed by atoms with Crippen molar-refractivity contribution in [2.75, 3.05) is 53.9 Å². The fourth-order valence-corrected chi connectivity index (χ4v) is 6.87. The molecule has 3 fully saturated rings. The van der Waals surface area contributed by atoms with Crippen molar-refractivity contribution in [1.82, 2.24) is 0 Å². The first-order chi connectivity index (χ1) is 24.2. The molecule has 0 aromatic heterocycles. The Bertz CT molecular complexity index is 1330. The van der Waals surface area contributed by atoms with E-state index in [1.165, 1.54) is 44.2 Å². The minimum Gasteiger partial charge on any atom is -0.497 e. The molecule has 1 spiro atoms. The molecule has 2 saturated heterocycles. The van der Waals surface area contributed by atoms with Crippen molar-refractivity contribution in [3.05, 3.63) is 59.7 Å². The molecule has 3 aliphatic rings. The third-order valence-corrected chi connectivity index (χ3v) is 9.62. The van der Waals surface area contributed by atoms with E-state index in [0.717, 1.165) is 18.6 Å². The van der Waals surface area contributed by atoms with Gasteiger partial charge in [-0.2, -0.15) is 0 Å². The number of carbonyl (C=O) groups is 2. The zero-order valence-electron chi connectivity index (χ0n) is 32.6. The van der Waals surface area contributed by atoms with Crippen LogP contribution < -0.4 is 9.47 Å². The number of esters is 2. The van der Waals surface area contributed by atoms with Gasteiger partial charge in [-0.15, -0.1) is 0 Å². The number of hydrogen-bond acceptors (Lipinski definition) is 10. The van der Waals surface area contributed by atoms with Crippen molar-refractivity contribution < 1.29 is 47.5 Å². The first-order valence-electron chi connectivity index (χ1n) is 18.3. The van der Waals surface area contributed by atoms with Crippen LogP contribution in [0.2, 0.25) is 0 Å². The van der Waals surface area contributed by atoms with E-state index in [0.29, 0.717) is 38.8 Å². The van der Waals surface area contributed by atoms with E-state index < -0.39 is 11.7 Å². The molecule has 0 radical (unpaired) electrons. The number of rotatable bonds is 10. The molecule has 0 bridgehead atoms. The van der Waals surface area contributed by atoms with Gasteiger partial charge in [0.2, 0.25) is 0 Å². The van der Waals surface area contributed by atoms with Gasteiger partial charge in [0, 0.05) is 37.2 Å². The van der Waals surface area contributed by atoms with E-state index in [1.54, 1.807) is 14.2 Å². The van der Waals surface area contributed by atoms with Gasteiger partial charge in [-0.3, -0.25) is 9.59 Å². The molecule has 1 aliphatic carbocycles. The second-order valence-electron chi connectivity index (χ2n) is 15.1. The lowest BCUT2D eigenvalue weighted by Crippen LogP contribution is -2.57. The lowest BCUT2D eigenvalue weighted by molar-refractivity contribution is -0.337. The van der Waals surface area contributed by atoms with E-state index in [-0.39, 0.29) is 41.1 Å². The Morgan fingerprint density at radius 2 is 1.10 bits per heavy atom. The molecule has 0 amide bonds. The third-order valence-electron chi connectivity index (χ3n) is 9.62. The summed E-state index contributed by atoms with van der Waals surface area (Å²) in [5.74, 6) is 0.895. The topological polar surface area (TPSA) is 108 Å². The highest BCUT2D eigenvalue weighted by Gasteiger charge is 2.48. The van der Waals surface area contributed by atoms with E-state index >= 15 is 0 Å². The van der Waals surface area contributed by atoms with Crippen LogP contribution in [-0.2, 0) is 43.4 Å². The van der Waals surface area contributed by atoms with E-state index in [4.69, 9.17) is 37.9 Å². The molecule has 10 heteroatoms. The molecule has 2 aliphatic heterocycles. The van der Waals surface area contributed by atoms with Crippen LogP contribution in [0.1, 0.15) is 98.6 Å². The molecule has 5 rings (SSSR count). The molecule has 0 atom stereocenters. The molecule has 0 unspecified atom stereocenters. The van der Waals surface area contributed by atoms with Crippen LogP contribution in [0, 0.1) is 16.2 Å². The number of carbonyl (C=O) groups excluding carboxylic acids is 2. The summed E-state index contributed by atoms with van der Waals surface area (Å²) in [6, 6.07) is 16.5. The predicted octanol–water partition coefficient (Wildman–Crippen LogP) is 7.88. The molecule has 2 aromatic rings. The Kier molecular flexibility index (Phi) is 15.9. The Balaban J connectivity index is 0.000000263. The summed E-state index contributed by atoms with van der Waals surface area (Å²) in [5, 5.41) is 0. The zero-order valence-corrected chi connectivity index (χ0v) is 32.6. The van der Waals surface area contributed by atoms with Crippen molar-refractivity contribution in [2.24, 2.45) is 16.2 Å². The van der Waals surface area contributed by atoms with Gasteiger partial charge >= 0.3 is 11.9 Å². The van der Waals surface area contributed by atoms with Gasteiger partial charge in [-0.05, 0) is 48.2 Å². The van der Waals surface area contributed by atoms with Gasteiger partial charge in [-0.1, -0.05) is 85.1 Å². The molecule has 2 heterocycles. The fourth-order valence-electron chi connectivity index (χ4n) is 6.87. The average Bonchev–Trinajstić information content (AvgIpc) is 3.13. The second-order valence-corrected chi connectivity index (χ2v) is 15.1. The lowest BCUT2D eigenvalue weighted by atomic mass is 9.65. The molecular weight excluding hydrogens is 652 g/mol. The van der Waals surface area contributed by atoms with E-state index in [1.807, 2.05) is 52.0 Å². The van der Waals surface area contributed by atoms with E-state index in [2.05, 4.69) is 38.1 Å². The monoisotopic (exact) mass is 714 g/mol. The molecule has 1 saturated carbocycles. The highest BCUT2D eigenvalue weighted by atomic mass is 16.7. The molecule has 51 heavy (non-hydrogen) atoms. The van der Waals surface area contributed by atoms with Crippen molar-refractivity contribution in [3.63, 3.8) is 0 Å². The lowest BCUT2D eigenvalue weighted by Gasteiger charge is -2.48. The van der Waals surface area contributed by atoms with Crippen LogP contribution in [0.5, 0.6) is 11.5 Å². The summed E-state index contributed by atoms with van der Waals surface area (Å²) in [7, 11) is 3.37. The third kappa shape index (κ3) is 11.5. The van der Waals surface area contributed by atoms with E-state index in [9.17, 15) is 9.59 Å². The Hall–Kier alpha value is -3.02. The van der Waals surface area contributed by atoms with Crippen molar-refractivity contribution >= 4 is 11.9 Å². The summed E-state index contributed by atoms with van der Waals surface area (Å²) in [6.07, 6.45) is 5.31. The summed E-state index contributed by atoms with van der Waals surface area (Å²) in [4.78, 5) is 22.1. The predicted molar refractivity (Wildman–Crippen MR) is 196 cm³/mol. The van der Waals surface area contributed by atoms with Crippen LogP contribution in [0.4, 0.5) is 0 Å². The molecule has 2 aromatic carbocycles. The Labute approximate surface area is 305 Å². The molecule has 10 nitrogen and oxygen atoms in total. The van der Waals surface area contributed by atoms with Gasteiger partial charge < -0.3 is 37.9 Å². The Morgan fingerprint density at radius 1 is 0.667 bits per heavy atom. The second kappa shape index (κ2) is 19.2. The fraction of sp³-hybridized carbons (Fsp3) is 0.659. The summed E-state index contributed by atoms with van der Waals surface area (Å²) in [5.41, 5.74) is 1.73. The maximum Gasteiger partial charge on any atom is 0.308 e. The Morgan fingerprint density at radius 3 is 1.49 bits per heavy atom. The quantitative estimate of drug-likeness (QED) is 0.178. The van der Waals surface area contributed by atoms with Gasteiger partial charge in [0.05, 0.1) is 45.6 Å². The average molecular weight is 715 g/mol. The summed E-state index contributed by atoms with van der Waals surface area (Å²) >= 11 is 0. The SMILES string of the molecule is CC.COCC(C)(C)C1OCC2(CO1)COC(C(C)(C)COC(C)=O)OC2.COc1ccc(C2(c3ccc(OC(C)=O)cc3)CCCCC2)cc1. The number of benzene rings is 2. The van der Waals surface area contributed by atoms with Crippen molar-refractivity contribution in [3.8, 4) is 11.5 Å². The number of methoxy groups -OCH3 is 2. The van der Waals surface area contributed by atoms with Gasteiger partial charge in [0.15, 0.2) is 12.6 Å². The maximum atomic E-state index is 11.1. The molecule has 0 N–H and O–H groups in total. The number of hydrogen-bond donors (Lipinski definition) is 0. The smallest absolute Gasteiger partial charge is 0.308 e. The van der Waals surface area contributed by atoms with Crippen LogP contribution >= 0.6 is 0 Å². The van der Waals surface area contributed by atoms with Crippen LogP contribution in [0.3, 0.4) is 0 Å². The standard InChI is InChI=1S/C21H24O3.C18H32O7.C2H6/c1-16(22)24-20-12-8-18(9-13-20)21(14-4-3-5-15-21)17-6-10-19(23-2)11-7-17;1-13(19)21-8-17(4,5)15-24-11-18(12-25-15)9-22-14(23-10-18)16(2,3)7-20-6;1-2/h6-13H,3-5,14-15H2,1-2H3;14-15H,7-12H2,1-6H3;1-2H3. The molecular formula is C41H62O10. The van der Waals surface area contributed by atoms with Crippen molar-refractivity contribution in [1.29, 1.82) is 0 Å². The highest BCUT2D eigenvalue weighted by Crippen LogP contribution is 2.45. The van der Waals surface area contributed by atoms with Gasteiger partial charge in [-0.25, -0.2) is 0 Å². The molecule has 286 valence electrons. The summed E-state index contributed by atoms with van der Waals surface area (Å²) in [6.45, 7) is 17.7. The van der Waals surface area contributed by atoms with Crippen LogP contribution in [0.15, 0.2) is 48.5 Å². The summed E-state index contributed by atoms with van der Waals surface area (Å²) < 4.78 is 44.6. The minimum absolute atomic E-state index is 0.0409. The van der Waals surface area contributed by atoms with Gasteiger partial charge in [0.25, 0.3) is 0 Å². The number of ether oxygens (including phenoxy) is 8. The first-order valence-corrected chi connectivity index (χ1v) is 18.3. The minimum atomic E-state index is -0.430. The largest absolute Gasteiger partial charge is 0.497 e. The maximum absolute atomic E-state index is 11.1. The normalized spacial score (nSPS) is 23.1. The van der Waals surface area contributed by atoms with Crippen LogP contribution in [0.25, 0.3) is 0 Å². The van der Waals surface area contributed by atoms with Gasteiger partial charge in [0.1, 0.15) is 18.1 Å². The zero-order chi connectivity index (χ0) is 37.7. The van der Waals surface area contributed by atoms with Crippen molar-refractivity contribution in [2.45, 2.75) is 105 Å². The van der Waals surface area contributed by atoms with Crippen LogP contribution in [-0.4, -0.2) is 78.4 Å². The highest BCUT2D eigenvalue weighted by molar-refractivity contribution is 5.69.